The summed E-state index contributed by atoms with van der Waals surface area (Å²) in [4.78, 5) is 0. The zero-order valence-corrected chi connectivity index (χ0v) is 16.9. The minimum atomic E-state index is -2.91. The van der Waals surface area contributed by atoms with Gasteiger partial charge in [0.25, 0.3) is 0 Å². The van der Waals surface area contributed by atoms with Gasteiger partial charge >= 0.3 is 101 Å². The van der Waals surface area contributed by atoms with Crippen LogP contribution in [0.25, 0.3) is 0 Å². The van der Waals surface area contributed by atoms with Crippen LogP contribution in [-0.2, 0) is 14.0 Å². The van der Waals surface area contributed by atoms with Crippen LogP contribution in [0.5, 0.6) is 0 Å². The average molecular weight is 365 g/mol. The average Bonchev–Trinajstić information content (AvgIpc) is 2.91. The molecule has 0 nitrogen and oxygen atoms in total. The zero-order chi connectivity index (χ0) is 12.3. The molecule has 0 bridgehead atoms. The molecule has 0 aliphatic heterocycles. The summed E-state index contributed by atoms with van der Waals surface area (Å²) in [6.07, 6.45) is 8.40. The van der Waals surface area contributed by atoms with E-state index in [9.17, 15) is 0 Å². The third-order valence-electron chi connectivity index (χ3n) is 7.79. The SMILES string of the molecule is C[CH2][Ti+3]([CH2]C)([CH2]C)([CH2]C)([CH2]C)[C]1=CC=CC1.[Cl-].[Cl-].[Cl-]. The Morgan fingerprint density at radius 1 is 0.789 bits per heavy atom. The molecule has 0 radical (unpaired) electrons. The molecule has 0 aromatic carbocycles. The Balaban J connectivity index is -0.000000853. The maximum absolute atomic E-state index is 2.91. The molecule has 0 heterocycles. The van der Waals surface area contributed by atoms with Crippen LogP contribution >= 0.6 is 0 Å². The monoisotopic (exact) mass is 363 g/mol. The van der Waals surface area contributed by atoms with Gasteiger partial charge in [0.2, 0.25) is 0 Å². The smallest absolute Gasteiger partial charge is 1.00 e. The summed E-state index contributed by atoms with van der Waals surface area (Å²) in [6.45, 7) is 12.4. The van der Waals surface area contributed by atoms with E-state index in [1.807, 2.05) is 3.88 Å². The molecule has 1 rings (SSSR count). The number of rotatable bonds is 6. The van der Waals surface area contributed by atoms with Gasteiger partial charge in [0, 0.05) is 0 Å². The fraction of sp³-hybridized carbons (Fsp3) is 0.733. The molecule has 0 amide bonds. The van der Waals surface area contributed by atoms with Crippen molar-refractivity contribution in [2.45, 2.75) is 64.7 Å². The van der Waals surface area contributed by atoms with Crippen molar-refractivity contribution in [1.29, 1.82) is 0 Å². The molecule has 0 fully saturated rings. The normalized spacial score (nSPS) is 15.3. The van der Waals surface area contributed by atoms with Crippen LogP contribution < -0.4 is 37.2 Å². The summed E-state index contributed by atoms with van der Waals surface area (Å²) in [6, 6.07) is 0. The van der Waals surface area contributed by atoms with Crippen LogP contribution in [0.15, 0.2) is 22.1 Å². The summed E-state index contributed by atoms with van der Waals surface area (Å²) in [5.74, 6) is 0. The second kappa shape index (κ2) is 7.90. The molecule has 19 heavy (non-hydrogen) atoms. The largest absolute Gasteiger partial charge is 1.00 e. The first-order valence-electron chi connectivity index (χ1n) is 7.27. The van der Waals surface area contributed by atoms with E-state index in [0.29, 0.717) is 0 Å². The summed E-state index contributed by atoms with van der Waals surface area (Å²) < 4.78 is 9.13. The van der Waals surface area contributed by atoms with Gasteiger partial charge in [-0.15, -0.1) is 0 Å². The summed E-state index contributed by atoms with van der Waals surface area (Å²) >= 11 is -2.91. The number of allylic oxidation sites excluding steroid dienone is 4. The van der Waals surface area contributed by atoms with Crippen molar-refractivity contribution in [3.63, 3.8) is 0 Å². The molecule has 1 aliphatic carbocycles. The van der Waals surface area contributed by atoms with Crippen LogP contribution in [0.2, 0.25) is 23.6 Å². The molecule has 0 atom stereocenters. The maximum atomic E-state index is 2.48. The van der Waals surface area contributed by atoms with Gasteiger partial charge in [-0.3, -0.25) is 0 Å². The number of hydrogen-bond acceptors (Lipinski definition) is 0. The first-order valence-corrected chi connectivity index (χ1v) is 13.6. The van der Waals surface area contributed by atoms with Crippen LogP contribution in [0.4, 0.5) is 0 Å². The van der Waals surface area contributed by atoms with Crippen LogP contribution in [0.3, 0.4) is 0 Å². The first kappa shape index (κ1) is 25.0. The van der Waals surface area contributed by atoms with E-state index >= 15 is 0 Å². The molecule has 0 unspecified atom stereocenters. The topological polar surface area (TPSA) is 0 Å². The van der Waals surface area contributed by atoms with Crippen LogP contribution in [-0.4, -0.2) is 0 Å². The summed E-state index contributed by atoms with van der Waals surface area (Å²) in [5, 5.41) is 0. The van der Waals surface area contributed by atoms with Gasteiger partial charge in [-0.2, -0.15) is 0 Å². The predicted octanol–water partition coefficient (Wildman–Crippen LogP) is -2.74. The Kier molecular flexibility index (Phi) is 10.4. The molecule has 0 saturated carbocycles. The third-order valence-corrected chi connectivity index (χ3v) is 30.3. The first-order chi connectivity index (χ1) is 7.53. The van der Waals surface area contributed by atoms with Gasteiger partial charge in [0.1, 0.15) is 0 Å². The Morgan fingerprint density at radius 2 is 1.16 bits per heavy atom. The van der Waals surface area contributed by atoms with E-state index < -0.39 is 14.0 Å². The fourth-order valence-electron chi connectivity index (χ4n) is 4.74. The minimum absolute atomic E-state index is 0. The second-order valence-corrected chi connectivity index (χ2v) is 23.6. The molecule has 0 aromatic heterocycles. The molecular weight excluding hydrogens is 334 g/mol. The van der Waals surface area contributed by atoms with Crippen LogP contribution in [0, 0.1) is 0 Å². The van der Waals surface area contributed by atoms with E-state index in [1.165, 1.54) is 30.0 Å². The quantitative estimate of drug-likeness (QED) is 0.449. The Bertz CT molecular complexity index is 297. The number of hydrogen-bond donors (Lipinski definition) is 0. The molecule has 0 saturated heterocycles. The Morgan fingerprint density at radius 3 is 1.37 bits per heavy atom. The van der Waals surface area contributed by atoms with Crippen molar-refractivity contribution < 1.29 is 51.2 Å². The van der Waals surface area contributed by atoms with Crippen molar-refractivity contribution >= 4 is 0 Å². The van der Waals surface area contributed by atoms with Gasteiger partial charge in [-0.25, -0.2) is 0 Å². The molecule has 0 aromatic rings. The number of halogens is 3. The molecule has 0 N–H and O–H groups in total. The van der Waals surface area contributed by atoms with Crippen molar-refractivity contribution in [3.05, 3.63) is 22.1 Å². The van der Waals surface area contributed by atoms with Gasteiger partial charge < -0.3 is 37.2 Å². The van der Waals surface area contributed by atoms with Crippen molar-refractivity contribution in [3.8, 4) is 0 Å². The Hall–Kier alpha value is 1.06. The molecule has 4 heteroatoms. The van der Waals surface area contributed by atoms with E-state index in [1.54, 1.807) is 0 Å². The van der Waals surface area contributed by atoms with E-state index in [0.717, 1.165) is 0 Å². The summed E-state index contributed by atoms with van der Waals surface area (Å²) in [5.41, 5.74) is 0. The van der Waals surface area contributed by atoms with Crippen molar-refractivity contribution in [2.24, 2.45) is 0 Å². The predicted molar refractivity (Wildman–Crippen MR) is 74.2 cm³/mol. The second-order valence-electron chi connectivity index (χ2n) is 6.48. The molecule has 0 spiro atoms. The van der Waals surface area contributed by atoms with Gasteiger partial charge in [0.15, 0.2) is 0 Å². The minimum Gasteiger partial charge on any atom is -1.00 e. The van der Waals surface area contributed by atoms with Crippen molar-refractivity contribution in [1.82, 2.24) is 0 Å². The van der Waals surface area contributed by atoms with Gasteiger partial charge in [-0.05, 0) is 0 Å². The maximum Gasteiger partial charge on any atom is -1.00 e. The zero-order valence-electron chi connectivity index (χ0n) is 13.1. The Labute approximate surface area is 137 Å². The van der Waals surface area contributed by atoms with Gasteiger partial charge in [-0.1, -0.05) is 0 Å². The van der Waals surface area contributed by atoms with Crippen molar-refractivity contribution in [2.75, 3.05) is 0 Å². The van der Waals surface area contributed by atoms with Crippen LogP contribution in [0.1, 0.15) is 41.0 Å². The van der Waals surface area contributed by atoms with Gasteiger partial charge in [0.05, 0.1) is 0 Å². The van der Waals surface area contributed by atoms with E-state index in [-0.39, 0.29) is 37.2 Å². The summed E-state index contributed by atoms with van der Waals surface area (Å²) in [7, 11) is 0. The fourth-order valence-corrected chi connectivity index (χ4v) is 18.5. The van der Waals surface area contributed by atoms with E-state index in [4.69, 9.17) is 0 Å². The molecule has 1 aliphatic rings. The van der Waals surface area contributed by atoms with E-state index in [2.05, 4.69) is 52.8 Å². The molecule has 115 valence electrons. The third kappa shape index (κ3) is 2.99. The molecular formula is C15H30Cl3Ti. The standard InChI is InChI=1S/C5H5.5C2H5.3ClH.Ti/c1-2-4-5-3-1;5*1-2;;;;/h1-3H,4H2;5*1H2,2H3;3*1H;/q;;;;;;;;;+3/p-3.